The Balaban J connectivity index is 4.81. The van der Waals surface area contributed by atoms with Crippen LogP contribution in [0.2, 0.25) is 0 Å². The van der Waals surface area contributed by atoms with Crippen molar-refractivity contribution in [2.75, 3.05) is 13.2 Å². The molecule has 0 heterocycles. The van der Waals surface area contributed by atoms with E-state index in [0.717, 1.165) is 0 Å². The SMILES string of the molecule is C=C(C)C(=O)OCC(COC(=O)C(=C)C)OC(=O)NC(C)OC(=O)C(C)N=C=O. The summed E-state index contributed by atoms with van der Waals surface area (Å²) in [6.07, 6.45) is -2.10. The van der Waals surface area contributed by atoms with E-state index in [4.69, 9.17) is 18.9 Å². The summed E-state index contributed by atoms with van der Waals surface area (Å²) in [5, 5.41) is 2.20. The molecule has 0 saturated carbocycles. The molecule has 2 unspecified atom stereocenters. The molecule has 1 N–H and O–H groups in total. The summed E-state index contributed by atoms with van der Waals surface area (Å²) in [5.41, 5.74) is 0.250. The first-order valence-electron chi connectivity index (χ1n) is 8.37. The van der Waals surface area contributed by atoms with E-state index < -0.39 is 55.6 Å². The molecule has 0 aromatic carbocycles. The normalized spacial score (nSPS) is 11.9. The van der Waals surface area contributed by atoms with Crippen LogP contribution < -0.4 is 5.32 Å². The molecule has 0 bridgehead atoms. The Bertz CT molecular complexity index is 680. The van der Waals surface area contributed by atoms with E-state index in [1.54, 1.807) is 0 Å². The Morgan fingerprint density at radius 2 is 1.45 bits per heavy atom. The second-order valence-corrected chi connectivity index (χ2v) is 5.90. The zero-order valence-corrected chi connectivity index (χ0v) is 16.7. The van der Waals surface area contributed by atoms with E-state index in [9.17, 15) is 24.0 Å². The van der Waals surface area contributed by atoms with E-state index in [2.05, 4.69) is 23.5 Å². The minimum absolute atomic E-state index is 0.125. The minimum atomic E-state index is -1.15. The minimum Gasteiger partial charge on any atom is -0.458 e. The first-order valence-corrected chi connectivity index (χ1v) is 8.37. The molecule has 0 fully saturated rings. The van der Waals surface area contributed by atoms with Crippen LogP contribution in [0, 0.1) is 0 Å². The van der Waals surface area contributed by atoms with Gasteiger partial charge >= 0.3 is 24.0 Å². The summed E-state index contributed by atoms with van der Waals surface area (Å²) < 4.78 is 19.7. The molecule has 29 heavy (non-hydrogen) atoms. The molecular weight excluding hydrogens is 388 g/mol. The first-order chi connectivity index (χ1) is 13.5. The van der Waals surface area contributed by atoms with Gasteiger partial charge in [-0.05, 0) is 27.7 Å². The lowest BCUT2D eigenvalue weighted by molar-refractivity contribution is -0.152. The number of carbonyl (C=O) groups excluding carboxylic acids is 5. The average Bonchev–Trinajstić information content (AvgIpc) is 2.62. The molecule has 0 rings (SSSR count). The smallest absolute Gasteiger partial charge is 0.410 e. The lowest BCUT2D eigenvalue weighted by atomic mass is 10.3. The van der Waals surface area contributed by atoms with Gasteiger partial charge in [-0.15, -0.1) is 0 Å². The van der Waals surface area contributed by atoms with Crippen LogP contribution in [0.4, 0.5) is 4.79 Å². The van der Waals surface area contributed by atoms with Gasteiger partial charge in [-0.1, -0.05) is 13.2 Å². The number of aliphatic imine (C=N–C) groups is 1. The largest absolute Gasteiger partial charge is 0.458 e. The monoisotopic (exact) mass is 412 g/mol. The Kier molecular flexibility index (Phi) is 11.3. The number of nitrogens with one attached hydrogen (secondary N) is 1. The topological polar surface area (TPSA) is 147 Å². The van der Waals surface area contributed by atoms with Crippen LogP contribution in [0.25, 0.3) is 0 Å². The maximum Gasteiger partial charge on any atom is 0.410 e. The number of rotatable bonds is 11. The van der Waals surface area contributed by atoms with Gasteiger partial charge in [-0.3, -0.25) is 5.32 Å². The number of isocyanates is 1. The number of hydrogen-bond acceptors (Lipinski definition) is 10. The van der Waals surface area contributed by atoms with E-state index in [1.807, 2.05) is 0 Å². The molecule has 2 atom stereocenters. The number of hydrogen-bond donors (Lipinski definition) is 1. The lowest BCUT2D eigenvalue weighted by Crippen LogP contribution is -2.41. The molecule has 0 aromatic rings. The van der Waals surface area contributed by atoms with Gasteiger partial charge in [0.25, 0.3) is 0 Å². The predicted molar refractivity (Wildman–Crippen MR) is 98.1 cm³/mol. The van der Waals surface area contributed by atoms with Crippen molar-refractivity contribution in [3.05, 3.63) is 24.3 Å². The van der Waals surface area contributed by atoms with Gasteiger partial charge in [0.15, 0.2) is 18.4 Å². The summed E-state index contributed by atoms with van der Waals surface area (Å²) >= 11 is 0. The highest BCUT2D eigenvalue weighted by atomic mass is 16.6. The molecule has 1 amide bonds. The fourth-order valence-electron chi connectivity index (χ4n) is 1.49. The highest BCUT2D eigenvalue weighted by Crippen LogP contribution is 2.03. The standard InChI is InChI=1S/C18H24N2O9/c1-10(2)15(22)26-7-14(8-27-16(23)11(3)4)29-18(25)20-13(6)28-17(24)12(5)19-9-21/h12-14H,1,3,7-8H2,2,4-6H3,(H,20,25). The second kappa shape index (κ2) is 12.8. The zero-order valence-electron chi connectivity index (χ0n) is 16.7. The summed E-state index contributed by atoms with van der Waals surface area (Å²) in [5.74, 6) is -2.32. The average molecular weight is 412 g/mol. The number of carbonyl (C=O) groups is 4. The van der Waals surface area contributed by atoms with Crippen LogP contribution in [0.5, 0.6) is 0 Å². The maximum absolute atomic E-state index is 12.0. The third kappa shape index (κ3) is 11.1. The highest BCUT2D eigenvalue weighted by Gasteiger charge is 2.23. The van der Waals surface area contributed by atoms with Crippen molar-refractivity contribution < 1.29 is 42.9 Å². The van der Waals surface area contributed by atoms with E-state index in [-0.39, 0.29) is 11.1 Å². The van der Waals surface area contributed by atoms with Crippen LogP contribution in [0.15, 0.2) is 29.3 Å². The van der Waals surface area contributed by atoms with Crippen molar-refractivity contribution in [3.63, 3.8) is 0 Å². The first kappa shape index (κ1) is 25.5. The van der Waals surface area contributed by atoms with Gasteiger partial charge in [-0.25, -0.2) is 24.0 Å². The molecule has 0 aliphatic carbocycles. The van der Waals surface area contributed by atoms with Crippen molar-refractivity contribution in [2.45, 2.75) is 46.1 Å². The molecule has 0 aromatic heterocycles. The van der Waals surface area contributed by atoms with Crippen LogP contribution in [-0.2, 0) is 38.1 Å². The van der Waals surface area contributed by atoms with E-state index in [0.29, 0.717) is 0 Å². The second-order valence-electron chi connectivity index (χ2n) is 5.90. The lowest BCUT2D eigenvalue weighted by Gasteiger charge is -2.20. The Labute approximate surface area is 167 Å². The Hall–Kier alpha value is -3.46. The molecule has 0 saturated heterocycles. The van der Waals surface area contributed by atoms with Gasteiger partial charge in [0.1, 0.15) is 13.2 Å². The molecule has 0 radical (unpaired) electrons. The fourth-order valence-corrected chi connectivity index (χ4v) is 1.49. The Morgan fingerprint density at radius 1 is 0.966 bits per heavy atom. The third-order valence-electron chi connectivity index (χ3n) is 2.97. The van der Waals surface area contributed by atoms with Crippen molar-refractivity contribution in [1.82, 2.24) is 5.32 Å². The van der Waals surface area contributed by atoms with Gasteiger partial charge in [0, 0.05) is 11.1 Å². The molecule has 11 nitrogen and oxygen atoms in total. The third-order valence-corrected chi connectivity index (χ3v) is 2.97. The summed E-state index contributed by atoms with van der Waals surface area (Å²) in [6.45, 7) is 11.5. The molecular formula is C18H24N2O9. The van der Waals surface area contributed by atoms with Gasteiger partial charge in [0.2, 0.25) is 6.08 Å². The summed E-state index contributed by atoms with van der Waals surface area (Å²) in [4.78, 5) is 59.9. The molecule has 0 aliphatic rings. The van der Waals surface area contributed by atoms with Crippen molar-refractivity contribution in [2.24, 2.45) is 4.99 Å². The fraction of sp³-hybridized carbons (Fsp3) is 0.500. The number of ether oxygens (including phenoxy) is 4. The van der Waals surface area contributed by atoms with E-state index >= 15 is 0 Å². The maximum atomic E-state index is 12.0. The van der Waals surface area contributed by atoms with Gasteiger partial charge in [-0.2, -0.15) is 4.99 Å². The zero-order chi connectivity index (χ0) is 22.6. The molecule has 11 heteroatoms. The van der Waals surface area contributed by atoms with Crippen molar-refractivity contribution in [1.29, 1.82) is 0 Å². The number of nitrogens with zero attached hydrogens (tertiary/aromatic N) is 1. The van der Waals surface area contributed by atoms with Crippen molar-refractivity contribution in [3.8, 4) is 0 Å². The van der Waals surface area contributed by atoms with Crippen LogP contribution in [-0.4, -0.2) is 61.7 Å². The Morgan fingerprint density at radius 3 is 1.86 bits per heavy atom. The number of alkyl carbamates (subject to hydrolysis) is 1. The number of esters is 3. The predicted octanol–water partition coefficient (Wildman–Crippen LogP) is 0.933. The van der Waals surface area contributed by atoms with Crippen LogP contribution in [0.1, 0.15) is 27.7 Å². The van der Waals surface area contributed by atoms with Gasteiger partial charge < -0.3 is 18.9 Å². The summed E-state index contributed by atoms with van der Waals surface area (Å²) in [7, 11) is 0. The molecule has 0 aliphatic heterocycles. The number of amides is 1. The summed E-state index contributed by atoms with van der Waals surface area (Å²) in [6, 6.07) is -1.09. The highest BCUT2D eigenvalue weighted by molar-refractivity contribution is 5.87. The van der Waals surface area contributed by atoms with Gasteiger partial charge in [0.05, 0.1) is 0 Å². The molecule has 0 spiro atoms. The van der Waals surface area contributed by atoms with Crippen molar-refractivity contribution >= 4 is 30.1 Å². The molecule has 160 valence electrons. The van der Waals surface area contributed by atoms with Crippen LogP contribution >= 0.6 is 0 Å². The van der Waals surface area contributed by atoms with E-state index in [1.165, 1.54) is 33.8 Å². The quantitative estimate of drug-likeness (QED) is 0.131. The van der Waals surface area contributed by atoms with Crippen LogP contribution in [0.3, 0.4) is 0 Å².